The molecule has 0 radical (unpaired) electrons. The molecule has 0 amide bonds. The quantitative estimate of drug-likeness (QED) is 0.859. The van der Waals surface area contributed by atoms with Crippen molar-refractivity contribution in [1.29, 1.82) is 0 Å². The van der Waals surface area contributed by atoms with Crippen molar-refractivity contribution in [3.05, 3.63) is 11.7 Å². The summed E-state index contributed by atoms with van der Waals surface area (Å²) in [7, 11) is 0. The first-order chi connectivity index (χ1) is 8.00. The number of nitrogens with zero attached hydrogens (tertiary/aromatic N) is 2. The monoisotopic (exact) mass is 237 g/mol. The maximum Gasteiger partial charge on any atom is 0.243 e. The van der Waals surface area contributed by atoms with Crippen LogP contribution in [0.1, 0.15) is 64.7 Å². The van der Waals surface area contributed by atoms with Crippen molar-refractivity contribution in [3.63, 3.8) is 0 Å². The van der Waals surface area contributed by atoms with Gasteiger partial charge in [0.1, 0.15) is 0 Å². The summed E-state index contributed by atoms with van der Waals surface area (Å²) in [6.07, 6.45) is 3.61. The number of hydrogen-bond acceptors (Lipinski definition) is 4. The highest BCUT2D eigenvalue weighted by Crippen LogP contribution is 2.29. The summed E-state index contributed by atoms with van der Waals surface area (Å²) in [5.41, 5.74) is -0.0411. The zero-order chi connectivity index (χ0) is 12.5. The summed E-state index contributed by atoms with van der Waals surface area (Å²) in [6, 6.07) is 0.247. The van der Waals surface area contributed by atoms with E-state index >= 15 is 0 Å². The predicted molar refractivity (Wildman–Crippen MR) is 66.8 cm³/mol. The van der Waals surface area contributed by atoms with Crippen molar-refractivity contribution in [1.82, 2.24) is 15.5 Å². The summed E-state index contributed by atoms with van der Waals surface area (Å²) < 4.78 is 5.40. The Morgan fingerprint density at radius 1 is 1.41 bits per heavy atom. The van der Waals surface area contributed by atoms with Crippen molar-refractivity contribution in [3.8, 4) is 0 Å². The molecule has 1 aromatic heterocycles. The van der Waals surface area contributed by atoms with Gasteiger partial charge in [0.25, 0.3) is 0 Å². The Morgan fingerprint density at radius 3 is 2.76 bits per heavy atom. The molecule has 2 atom stereocenters. The van der Waals surface area contributed by atoms with E-state index in [4.69, 9.17) is 4.52 Å². The van der Waals surface area contributed by atoms with Gasteiger partial charge in [0, 0.05) is 5.41 Å². The van der Waals surface area contributed by atoms with E-state index in [1.54, 1.807) is 0 Å². The topological polar surface area (TPSA) is 51.0 Å². The Hall–Kier alpha value is -0.900. The highest BCUT2D eigenvalue weighted by Gasteiger charge is 2.28. The first-order valence-corrected chi connectivity index (χ1v) is 6.58. The van der Waals surface area contributed by atoms with Gasteiger partial charge < -0.3 is 9.84 Å². The fourth-order valence-electron chi connectivity index (χ4n) is 2.24. The molecule has 4 nitrogen and oxygen atoms in total. The van der Waals surface area contributed by atoms with Crippen LogP contribution in [0.2, 0.25) is 0 Å². The van der Waals surface area contributed by atoms with Crippen molar-refractivity contribution >= 4 is 0 Å². The molecule has 0 bridgehead atoms. The van der Waals surface area contributed by atoms with E-state index in [0.717, 1.165) is 30.6 Å². The third-order valence-electron chi connectivity index (χ3n) is 3.50. The lowest BCUT2D eigenvalue weighted by atomic mass is 9.90. The summed E-state index contributed by atoms with van der Waals surface area (Å²) in [5.74, 6) is 2.34. The summed E-state index contributed by atoms with van der Waals surface area (Å²) in [4.78, 5) is 4.53. The van der Waals surface area contributed by atoms with E-state index < -0.39 is 0 Å². The minimum absolute atomic E-state index is 0.0411. The number of nitrogens with one attached hydrogen (secondary N) is 1. The molecule has 0 saturated carbocycles. The van der Waals surface area contributed by atoms with Crippen LogP contribution in [-0.2, 0) is 5.41 Å². The largest absolute Gasteiger partial charge is 0.338 e. The second-order valence-electron chi connectivity index (χ2n) is 6.01. The van der Waals surface area contributed by atoms with Gasteiger partial charge in [-0.1, -0.05) is 39.3 Å². The van der Waals surface area contributed by atoms with Crippen molar-refractivity contribution in [2.24, 2.45) is 5.92 Å². The predicted octanol–water partition coefficient (Wildman–Crippen LogP) is 2.82. The van der Waals surface area contributed by atoms with E-state index in [0.29, 0.717) is 0 Å². The molecule has 1 N–H and O–H groups in total. The van der Waals surface area contributed by atoms with Crippen LogP contribution in [-0.4, -0.2) is 16.7 Å². The Labute approximate surface area is 103 Å². The van der Waals surface area contributed by atoms with Crippen LogP contribution in [0.25, 0.3) is 0 Å². The van der Waals surface area contributed by atoms with Crippen LogP contribution in [0.4, 0.5) is 0 Å². The summed E-state index contributed by atoms with van der Waals surface area (Å²) >= 11 is 0. The average Bonchev–Trinajstić information content (AvgIpc) is 2.78. The van der Waals surface area contributed by atoms with Gasteiger partial charge in [-0.3, -0.25) is 0 Å². The zero-order valence-corrected chi connectivity index (χ0v) is 11.3. The van der Waals surface area contributed by atoms with Crippen LogP contribution in [0.15, 0.2) is 4.52 Å². The Bertz CT molecular complexity index is 367. The lowest BCUT2D eigenvalue weighted by Gasteiger charge is -2.27. The Kier molecular flexibility index (Phi) is 3.52. The lowest BCUT2D eigenvalue weighted by molar-refractivity contribution is 0.245. The molecule has 0 aliphatic carbocycles. The molecular weight excluding hydrogens is 214 g/mol. The fraction of sp³-hybridized carbons (Fsp3) is 0.846. The lowest BCUT2D eigenvalue weighted by Crippen LogP contribution is -2.31. The van der Waals surface area contributed by atoms with Gasteiger partial charge in [-0.25, -0.2) is 0 Å². The molecule has 1 saturated heterocycles. The van der Waals surface area contributed by atoms with Crippen LogP contribution < -0.4 is 5.32 Å². The number of aromatic nitrogens is 2. The highest BCUT2D eigenvalue weighted by molar-refractivity contribution is 5.03. The van der Waals surface area contributed by atoms with Gasteiger partial charge >= 0.3 is 0 Å². The molecule has 96 valence electrons. The molecule has 0 aromatic carbocycles. The van der Waals surface area contributed by atoms with Crippen LogP contribution in [0.5, 0.6) is 0 Å². The third-order valence-corrected chi connectivity index (χ3v) is 3.50. The first kappa shape index (κ1) is 12.6. The van der Waals surface area contributed by atoms with E-state index in [2.05, 4.69) is 43.2 Å². The molecule has 17 heavy (non-hydrogen) atoms. The second-order valence-corrected chi connectivity index (χ2v) is 6.01. The zero-order valence-electron chi connectivity index (χ0n) is 11.3. The van der Waals surface area contributed by atoms with Gasteiger partial charge in [-0.15, -0.1) is 0 Å². The normalized spacial score (nSPS) is 26.1. The van der Waals surface area contributed by atoms with E-state index in [1.165, 1.54) is 12.8 Å². The van der Waals surface area contributed by atoms with Gasteiger partial charge in [0.2, 0.25) is 5.89 Å². The van der Waals surface area contributed by atoms with Crippen molar-refractivity contribution < 1.29 is 4.52 Å². The van der Waals surface area contributed by atoms with Crippen LogP contribution in [0.3, 0.4) is 0 Å². The van der Waals surface area contributed by atoms with E-state index in [9.17, 15) is 0 Å². The van der Waals surface area contributed by atoms with Gasteiger partial charge in [0.15, 0.2) is 5.82 Å². The van der Waals surface area contributed by atoms with Crippen molar-refractivity contribution in [2.75, 3.05) is 6.54 Å². The Balaban J connectivity index is 2.09. The SMILES string of the molecule is CCC1CCNC(c2nc(C(C)(C)C)no2)C1. The molecule has 2 rings (SSSR count). The fourth-order valence-corrected chi connectivity index (χ4v) is 2.24. The molecular formula is C13H23N3O. The second kappa shape index (κ2) is 4.77. The smallest absolute Gasteiger partial charge is 0.243 e. The molecule has 2 unspecified atom stereocenters. The number of rotatable bonds is 2. The summed E-state index contributed by atoms with van der Waals surface area (Å²) in [6.45, 7) is 9.61. The number of hydrogen-bond donors (Lipinski definition) is 1. The minimum Gasteiger partial charge on any atom is -0.338 e. The minimum atomic E-state index is -0.0411. The number of piperidine rings is 1. The van der Waals surface area contributed by atoms with Crippen LogP contribution >= 0.6 is 0 Å². The van der Waals surface area contributed by atoms with Gasteiger partial charge in [-0.2, -0.15) is 4.98 Å². The Morgan fingerprint density at radius 2 is 2.18 bits per heavy atom. The molecule has 4 heteroatoms. The van der Waals surface area contributed by atoms with Gasteiger partial charge in [-0.05, 0) is 25.3 Å². The van der Waals surface area contributed by atoms with E-state index in [-0.39, 0.29) is 11.5 Å². The highest BCUT2D eigenvalue weighted by atomic mass is 16.5. The third kappa shape index (κ3) is 2.86. The molecule has 1 aliphatic rings. The average molecular weight is 237 g/mol. The molecule has 1 fully saturated rings. The molecule has 1 aromatic rings. The first-order valence-electron chi connectivity index (χ1n) is 6.58. The maximum absolute atomic E-state index is 5.40. The van der Waals surface area contributed by atoms with Crippen LogP contribution in [0, 0.1) is 5.92 Å². The summed E-state index contributed by atoms with van der Waals surface area (Å²) in [5, 5.41) is 7.56. The standard InChI is InChI=1S/C13H23N3O/c1-5-9-6-7-14-10(8-9)11-15-12(16-17-11)13(2,3)4/h9-10,14H,5-8H2,1-4H3. The molecule has 2 heterocycles. The van der Waals surface area contributed by atoms with E-state index in [1.807, 2.05) is 0 Å². The maximum atomic E-state index is 5.40. The van der Waals surface area contributed by atoms with Gasteiger partial charge in [0.05, 0.1) is 6.04 Å². The van der Waals surface area contributed by atoms with Crippen molar-refractivity contribution in [2.45, 2.75) is 58.4 Å². The molecule has 0 spiro atoms. The molecule has 1 aliphatic heterocycles.